The van der Waals surface area contributed by atoms with Crippen molar-refractivity contribution in [2.24, 2.45) is 0 Å². The van der Waals surface area contributed by atoms with E-state index in [1.807, 2.05) is 17.0 Å². The molecule has 6 rings (SSSR count). The topological polar surface area (TPSA) is 48.5 Å². The Labute approximate surface area is 233 Å². The Morgan fingerprint density at radius 2 is 1.27 bits per heavy atom. The second kappa shape index (κ2) is 11.9. The van der Waals surface area contributed by atoms with Crippen molar-refractivity contribution in [1.29, 1.82) is 0 Å². The van der Waals surface area contributed by atoms with Crippen LogP contribution in [-0.4, -0.2) is 91.2 Å². The number of carbonyl (C=O) groups excluding carboxylic acids is 1. The van der Waals surface area contributed by atoms with Crippen molar-refractivity contribution in [2.45, 2.75) is 12.6 Å². The number of hydrogen-bond acceptors (Lipinski definition) is 6. The monoisotopic (exact) mass is 548 g/mol. The molecule has 3 aromatic rings. The van der Waals surface area contributed by atoms with Crippen LogP contribution >= 0.6 is 0 Å². The van der Waals surface area contributed by atoms with Gasteiger partial charge in [-0.25, -0.2) is 8.78 Å². The normalized spacial score (nSPS) is 18.4. The van der Waals surface area contributed by atoms with E-state index in [2.05, 4.69) is 20.8 Å². The van der Waals surface area contributed by atoms with E-state index in [0.717, 1.165) is 81.5 Å². The Morgan fingerprint density at radius 1 is 0.700 bits per heavy atom. The minimum Gasteiger partial charge on any atom is -0.454 e. The molecule has 0 radical (unpaired) electrons. The summed E-state index contributed by atoms with van der Waals surface area (Å²) in [5, 5.41) is 0. The van der Waals surface area contributed by atoms with Crippen molar-refractivity contribution in [3.8, 4) is 11.5 Å². The molecule has 3 heterocycles. The second-order valence-electron chi connectivity index (χ2n) is 10.7. The van der Waals surface area contributed by atoms with Crippen LogP contribution in [0.3, 0.4) is 0 Å². The Hall–Kier alpha value is -3.53. The molecule has 3 aliphatic heterocycles. The number of ether oxygens (including phenoxy) is 2. The molecular formula is C31H34F2N4O3. The molecule has 3 aromatic carbocycles. The van der Waals surface area contributed by atoms with Gasteiger partial charge in [0.2, 0.25) is 12.7 Å². The molecule has 0 aliphatic carbocycles. The van der Waals surface area contributed by atoms with Gasteiger partial charge in [0.05, 0.1) is 12.6 Å². The minimum absolute atomic E-state index is 0.100. The van der Waals surface area contributed by atoms with Gasteiger partial charge in [0, 0.05) is 58.9 Å². The molecule has 2 fully saturated rings. The average Bonchev–Trinajstić information content (AvgIpc) is 3.44. The highest BCUT2D eigenvalue weighted by Crippen LogP contribution is 2.33. The summed E-state index contributed by atoms with van der Waals surface area (Å²) in [5.74, 6) is 1.21. The fourth-order valence-corrected chi connectivity index (χ4v) is 5.83. The molecule has 7 nitrogen and oxygen atoms in total. The van der Waals surface area contributed by atoms with Gasteiger partial charge in [-0.2, -0.15) is 0 Å². The van der Waals surface area contributed by atoms with Gasteiger partial charge < -0.3 is 14.4 Å². The van der Waals surface area contributed by atoms with Crippen LogP contribution in [0, 0.1) is 11.6 Å². The summed E-state index contributed by atoms with van der Waals surface area (Å²) in [6.07, 6.45) is 0. The van der Waals surface area contributed by atoms with Gasteiger partial charge in [0.25, 0.3) is 0 Å². The number of piperazine rings is 2. The van der Waals surface area contributed by atoms with E-state index in [9.17, 15) is 13.6 Å². The number of fused-ring (bicyclic) bond motifs is 1. The molecule has 1 amide bonds. The maximum atomic E-state index is 13.6. The molecule has 3 aliphatic rings. The van der Waals surface area contributed by atoms with E-state index in [-0.39, 0.29) is 30.4 Å². The summed E-state index contributed by atoms with van der Waals surface area (Å²) in [4.78, 5) is 22.0. The summed E-state index contributed by atoms with van der Waals surface area (Å²) in [5.41, 5.74) is 3.12. The van der Waals surface area contributed by atoms with Crippen LogP contribution in [0.15, 0.2) is 66.7 Å². The van der Waals surface area contributed by atoms with Gasteiger partial charge in [0.1, 0.15) is 11.6 Å². The third kappa shape index (κ3) is 6.11. The van der Waals surface area contributed by atoms with Crippen molar-refractivity contribution in [3.63, 3.8) is 0 Å². The standard InChI is InChI=1S/C31H34F2N4O3/c32-26-6-2-24(3-7-26)31(25-4-8-27(33)9-5-25)37-17-13-35(14-18-37)21-30(38)36-15-11-34(12-16-36)20-23-1-10-28-29(19-23)40-22-39-28/h1-10,19,31H,11-18,20-22H2. The minimum atomic E-state index is -0.279. The average molecular weight is 549 g/mol. The summed E-state index contributed by atoms with van der Waals surface area (Å²) in [6, 6.07) is 19.0. The highest BCUT2D eigenvalue weighted by molar-refractivity contribution is 5.78. The molecule has 2 saturated heterocycles. The van der Waals surface area contributed by atoms with Crippen molar-refractivity contribution >= 4 is 5.91 Å². The first-order valence-corrected chi connectivity index (χ1v) is 13.9. The van der Waals surface area contributed by atoms with E-state index in [0.29, 0.717) is 6.54 Å². The summed E-state index contributed by atoms with van der Waals surface area (Å²) < 4.78 is 38.1. The van der Waals surface area contributed by atoms with Crippen molar-refractivity contribution in [1.82, 2.24) is 19.6 Å². The lowest BCUT2D eigenvalue weighted by Crippen LogP contribution is -2.54. The molecule has 0 saturated carbocycles. The number of amides is 1. The van der Waals surface area contributed by atoms with E-state index in [1.165, 1.54) is 29.8 Å². The van der Waals surface area contributed by atoms with E-state index in [1.54, 1.807) is 24.3 Å². The first kappa shape index (κ1) is 26.7. The van der Waals surface area contributed by atoms with Gasteiger partial charge >= 0.3 is 0 Å². The maximum absolute atomic E-state index is 13.6. The molecule has 0 atom stereocenters. The predicted molar refractivity (Wildman–Crippen MR) is 147 cm³/mol. The number of hydrogen-bond donors (Lipinski definition) is 0. The zero-order chi connectivity index (χ0) is 27.5. The van der Waals surface area contributed by atoms with Crippen molar-refractivity contribution < 1.29 is 23.0 Å². The van der Waals surface area contributed by atoms with Crippen LogP contribution in [0.2, 0.25) is 0 Å². The van der Waals surface area contributed by atoms with Gasteiger partial charge in [-0.3, -0.25) is 19.5 Å². The van der Waals surface area contributed by atoms with Gasteiger partial charge in [-0.05, 0) is 53.1 Å². The SMILES string of the molecule is O=C(CN1CCN(C(c2ccc(F)cc2)c2ccc(F)cc2)CC1)N1CCN(Cc2ccc3c(c2)OCO3)CC1. The lowest BCUT2D eigenvalue weighted by Gasteiger charge is -2.40. The highest BCUT2D eigenvalue weighted by atomic mass is 19.1. The Bertz CT molecular complexity index is 1260. The zero-order valence-corrected chi connectivity index (χ0v) is 22.5. The van der Waals surface area contributed by atoms with Crippen molar-refractivity contribution in [3.05, 3.63) is 95.1 Å². The van der Waals surface area contributed by atoms with Crippen LogP contribution in [0.1, 0.15) is 22.7 Å². The molecule has 0 aromatic heterocycles. The molecule has 0 N–H and O–H groups in total. The lowest BCUT2D eigenvalue weighted by molar-refractivity contribution is -0.134. The smallest absolute Gasteiger partial charge is 0.236 e. The number of halogens is 2. The number of nitrogens with zero attached hydrogens (tertiary/aromatic N) is 4. The summed E-state index contributed by atoms with van der Waals surface area (Å²) in [6.45, 7) is 7.67. The van der Waals surface area contributed by atoms with Gasteiger partial charge in [0.15, 0.2) is 11.5 Å². The second-order valence-corrected chi connectivity index (χ2v) is 10.7. The summed E-state index contributed by atoms with van der Waals surface area (Å²) in [7, 11) is 0. The highest BCUT2D eigenvalue weighted by Gasteiger charge is 2.29. The molecular weight excluding hydrogens is 514 g/mol. The number of carbonyl (C=O) groups is 1. The zero-order valence-electron chi connectivity index (χ0n) is 22.5. The fraction of sp³-hybridized carbons (Fsp3) is 0.387. The Kier molecular flexibility index (Phi) is 7.95. The number of benzene rings is 3. The first-order valence-electron chi connectivity index (χ1n) is 13.9. The van der Waals surface area contributed by atoms with Crippen LogP contribution in [-0.2, 0) is 11.3 Å². The molecule has 9 heteroatoms. The third-order valence-electron chi connectivity index (χ3n) is 8.07. The largest absolute Gasteiger partial charge is 0.454 e. The predicted octanol–water partition coefficient (Wildman–Crippen LogP) is 3.74. The van der Waals surface area contributed by atoms with Crippen LogP contribution in [0.25, 0.3) is 0 Å². The molecule has 210 valence electrons. The van der Waals surface area contributed by atoms with Crippen LogP contribution in [0.4, 0.5) is 8.78 Å². The molecule has 0 unspecified atom stereocenters. The summed E-state index contributed by atoms with van der Waals surface area (Å²) >= 11 is 0. The van der Waals surface area contributed by atoms with Gasteiger partial charge in [-0.15, -0.1) is 0 Å². The van der Waals surface area contributed by atoms with E-state index in [4.69, 9.17) is 9.47 Å². The third-order valence-corrected chi connectivity index (χ3v) is 8.07. The molecule has 0 bridgehead atoms. The molecule has 0 spiro atoms. The Balaban J connectivity index is 1.00. The number of rotatable bonds is 7. The van der Waals surface area contributed by atoms with Crippen molar-refractivity contribution in [2.75, 3.05) is 65.7 Å². The van der Waals surface area contributed by atoms with Crippen LogP contribution in [0.5, 0.6) is 11.5 Å². The lowest BCUT2D eigenvalue weighted by atomic mass is 9.96. The fourth-order valence-electron chi connectivity index (χ4n) is 5.83. The first-order chi connectivity index (χ1) is 19.5. The molecule has 40 heavy (non-hydrogen) atoms. The van der Waals surface area contributed by atoms with E-state index >= 15 is 0 Å². The van der Waals surface area contributed by atoms with E-state index < -0.39 is 0 Å². The maximum Gasteiger partial charge on any atom is 0.236 e. The van der Waals surface area contributed by atoms with Crippen LogP contribution < -0.4 is 9.47 Å². The Morgan fingerprint density at radius 3 is 1.90 bits per heavy atom. The van der Waals surface area contributed by atoms with Gasteiger partial charge in [-0.1, -0.05) is 30.3 Å². The quantitative estimate of drug-likeness (QED) is 0.449.